The quantitative estimate of drug-likeness (QED) is 0.296. The van der Waals surface area contributed by atoms with E-state index in [0.29, 0.717) is 33.9 Å². The van der Waals surface area contributed by atoms with Crippen LogP contribution in [0.2, 0.25) is 5.02 Å². The zero-order chi connectivity index (χ0) is 25.6. The normalized spacial score (nSPS) is 15.8. The third-order valence-corrected chi connectivity index (χ3v) is 6.88. The number of anilines is 1. The van der Waals surface area contributed by atoms with Crippen LogP contribution < -0.4 is 5.73 Å². The summed E-state index contributed by atoms with van der Waals surface area (Å²) in [4.78, 5) is 33.9. The van der Waals surface area contributed by atoms with Crippen molar-refractivity contribution in [3.05, 3.63) is 81.1 Å². The van der Waals surface area contributed by atoms with Crippen LogP contribution in [0.4, 0.5) is 23.9 Å². The molecule has 5 rings (SSSR count). The first-order chi connectivity index (χ1) is 17.1. The molecule has 1 aliphatic heterocycles. The molecule has 2 aromatic carbocycles. The Bertz CT molecular complexity index is 1540. The molecule has 2 aromatic heterocycles. The number of nitrogen functional groups attached to an aromatic ring is 1. The van der Waals surface area contributed by atoms with E-state index < -0.39 is 22.9 Å². The number of carbonyl (C=O) groups excluding carboxylic acids is 2. The summed E-state index contributed by atoms with van der Waals surface area (Å²) in [5.41, 5.74) is 6.43. The minimum absolute atomic E-state index is 0.0365. The van der Waals surface area contributed by atoms with Gasteiger partial charge < -0.3 is 10.7 Å². The minimum Gasteiger partial charge on any atom is -0.369 e. The van der Waals surface area contributed by atoms with Gasteiger partial charge in [0, 0.05) is 16.6 Å². The molecule has 0 aliphatic carbocycles. The molecule has 2 amide bonds. The Morgan fingerprint density at radius 2 is 1.97 bits per heavy atom. The number of amides is 2. The van der Waals surface area contributed by atoms with Crippen LogP contribution in [0.5, 0.6) is 0 Å². The van der Waals surface area contributed by atoms with Crippen molar-refractivity contribution in [3.8, 4) is 0 Å². The Kier molecular flexibility index (Phi) is 6.00. The van der Waals surface area contributed by atoms with E-state index in [1.807, 2.05) is 0 Å². The molecule has 13 heteroatoms. The number of rotatable bonds is 5. The number of carbonyl (C=O) groups is 2. The molecule has 184 valence electrons. The van der Waals surface area contributed by atoms with Crippen molar-refractivity contribution in [2.24, 2.45) is 0 Å². The highest BCUT2D eigenvalue weighted by molar-refractivity contribution is 8.18. The number of nitrogens with two attached hydrogens (primary N) is 1. The average molecular weight is 533 g/mol. The summed E-state index contributed by atoms with van der Waals surface area (Å²) in [6.45, 7) is -0.134. The third kappa shape index (κ3) is 4.56. The molecule has 0 saturated carbocycles. The van der Waals surface area contributed by atoms with Crippen LogP contribution >= 0.6 is 23.4 Å². The standard InChI is InChI=1S/C23H16ClF3N6O2S/c24-14-3-1-12(17(7-14)23(25,26)27)6-16(11-2-4-18-13(5-11)8-30-32-18)19-20(34)33(22(35)36-19)10-15-9-29-21(28)31-15/h1-5,7-9H,6,10H2,(H,30,32)(H3,28,29,31)/b19-16-. The van der Waals surface area contributed by atoms with E-state index in [-0.39, 0.29) is 40.0 Å². The highest BCUT2D eigenvalue weighted by Gasteiger charge is 2.39. The van der Waals surface area contributed by atoms with Gasteiger partial charge in [0.15, 0.2) is 5.95 Å². The van der Waals surface area contributed by atoms with Gasteiger partial charge in [0.1, 0.15) is 0 Å². The van der Waals surface area contributed by atoms with E-state index in [2.05, 4.69) is 20.2 Å². The lowest BCUT2D eigenvalue weighted by molar-refractivity contribution is -0.138. The maximum atomic E-state index is 13.8. The van der Waals surface area contributed by atoms with Crippen LogP contribution in [0, 0.1) is 0 Å². The minimum atomic E-state index is -4.67. The first-order valence-corrected chi connectivity index (χ1v) is 11.7. The van der Waals surface area contributed by atoms with E-state index in [1.54, 1.807) is 24.4 Å². The molecule has 1 fully saturated rings. The number of nitrogens with one attached hydrogen (secondary N) is 2. The molecule has 8 nitrogen and oxygen atoms in total. The second kappa shape index (κ2) is 9.03. The van der Waals surface area contributed by atoms with Crippen LogP contribution in [0.1, 0.15) is 22.4 Å². The molecule has 36 heavy (non-hydrogen) atoms. The highest BCUT2D eigenvalue weighted by Crippen LogP contribution is 2.41. The number of nitrogens with zero attached hydrogens (tertiary/aromatic N) is 3. The number of allylic oxidation sites excluding steroid dienone is 1. The SMILES string of the molecule is Nc1nc(CN2C(=O)S/C(=C(/Cc3ccc(Cl)cc3C(F)(F)F)c3ccc4[nH]ncc4c3)C2=O)c[nH]1. The lowest BCUT2D eigenvalue weighted by atomic mass is 9.93. The largest absolute Gasteiger partial charge is 0.416 e. The van der Waals surface area contributed by atoms with Crippen LogP contribution in [0.25, 0.3) is 16.5 Å². The van der Waals surface area contributed by atoms with E-state index in [4.69, 9.17) is 17.3 Å². The fourth-order valence-electron chi connectivity index (χ4n) is 3.94. The van der Waals surface area contributed by atoms with Gasteiger partial charge in [-0.05, 0) is 59.1 Å². The molecule has 0 radical (unpaired) electrons. The van der Waals surface area contributed by atoms with Crippen molar-refractivity contribution in [1.82, 2.24) is 25.1 Å². The van der Waals surface area contributed by atoms with Crippen molar-refractivity contribution in [1.29, 1.82) is 0 Å². The van der Waals surface area contributed by atoms with Crippen LogP contribution in [0.15, 0.2) is 53.7 Å². The number of benzene rings is 2. The Hall–Kier alpha value is -3.77. The first kappa shape index (κ1) is 23.9. The number of H-pyrrole nitrogens is 2. The molecule has 4 N–H and O–H groups in total. The average Bonchev–Trinajstić information content (AvgIpc) is 3.53. The van der Waals surface area contributed by atoms with Gasteiger partial charge in [-0.2, -0.15) is 18.3 Å². The first-order valence-electron chi connectivity index (χ1n) is 10.5. The predicted octanol–water partition coefficient (Wildman–Crippen LogP) is 5.39. The van der Waals surface area contributed by atoms with E-state index in [9.17, 15) is 22.8 Å². The molecular weight excluding hydrogens is 517 g/mol. The maximum Gasteiger partial charge on any atom is 0.416 e. The molecule has 0 bridgehead atoms. The number of hydrogen-bond acceptors (Lipinski definition) is 6. The number of aromatic amines is 2. The Morgan fingerprint density at radius 3 is 2.69 bits per heavy atom. The molecule has 0 atom stereocenters. The fourth-order valence-corrected chi connectivity index (χ4v) is 5.05. The van der Waals surface area contributed by atoms with Crippen molar-refractivity contribution in [2.75, 3.05) is 5.73 Å². The summed E-state index contributed by atoms with van der Waals surface area (Å²) < 4.78 is 41.5. The zero-order valence-corrected chi connectivity index (χ0v) is 19.8. The van der Waals surface area contributed by atoms with Gasteiger partial charge in [-0.25, -0.2) is 4.98 Å². The number of imidazole rings is 1. The maximum absolute atomic E-state index is 13.8. The van der Waals surface area contributed by atoms with Gasteiger partial charge in [-0.15, -0.1) is 0 Å². The smallest absolute Gasteiger partial charge is 0.369 e. The predicted molar refractivity (Wildman–Crippen MR) is 130 cm³/mol. The van der Waals surface area contributed by atoms with Gasteiger partial charge in [-0.1, -0.05) is 23.7 Å². The monoisotopic (exact) mass is 532 g/mol. The van der Waals surface area contributed by atoms with Gasteiger partial charge in [0.05, 0.1) is 34.4 Å². The second-order valence-electron chi connectivity index (χ2n) is 7.99. The van der Waals surface area contributed by atoms with Crippen molar-refractivity contribution in [2.45, 2.75) is 19.1 Å². The molecule has 4 aromatic rings. The lowest BCUT2D eigenvalue weighted by Gasteiger charge is -2.17. The summed E-state index contributed by atoms with van der Waals surface area (Å²) in [6, 6.07) is 8.57. The summed E-state index contributed by atoms with van der Waals surface area (Å²) >= 11 is 6.52. The Balaban J connectivity index is 1.62. The van der Waals surface area contributed by atoms with Crippen molar-refractivity contribution >= 4 is 56.9 Å². The highest BCUT2D eigenvalue weighted by atomic mass is 35.5. The Labute approximate surface area is 210 Å². The zero-order valence-electron chi connectivity index (χ0n) is 18.2. The van der Waals surface area contributed by atoms with Crippen LogP contribution in [-0.4, -0.2) is 36.2 Å². The second-order valence-corrected chi connectivity index (χ2v) is 9.39. The van der Waals surface area contributed by atoms with E-state index >= 15 is 0 Å². The lowest BCUT2D eigenvalue weighted by Crippen LogP contribution is -2.28. The van der Waals surface area contributed by atoms with Crippen LogP contribution in [0.3, 0.4) is 0 Å². The summed E-state index contributed by atoms with van der Waals surface area (Å²) in [6.07, 6.45) is -1.90. The number of imide groups is 1. The van der Waals surface area contributed by atoms with Gasteiger partial charge in [0.2, 0.25) is 0 Å². The van der Waals surface area contributed by atoms with Gasteiger partial charge in [0.25, 0.3) is 11.1 Å². The van der Waals surface area contributed by atoms with Gasteiger partial charge >= 0.3 is 6.18 Å². The molecule has 3 heterocycles. The molecule has 1 saturated heterocycles. The third-order valence-electron chi connectivity index (χ3n) is 5.63. The number of halogens is 4. The number of alkyl halides is 3. The van der Waals surface area contributed by atoms with Crippen molar-refractivity contribution < 1.29 is 22.8 Å². The van der Waals surface area contributed by atoms with E-state index in [1.165, 1.54) is 18.3 Å². The number of aromatic nitrogens is 4. The summed E-state index contributed by atoms with van der Waals surface area (Å²) in [5, 5.41) is 6.85. The number of hydrogen-bond donors (Lipinski definition) is 3. The van der Waals surface area contributed by atoms with E-state index in [0.717, 1.165) is 11.0 Å². The molecule has 1 aliphatic rings. The Morgan fingerprint density at radius 1 is 1.17 bits per heavy atom. The van der Waals surface area contributed by atoms with Gasteiger partial charge in [-0.3, -0.25) is 19.6 Å². The molecular formula is C23H16ClF3N6O2S. The summed E-state index contributed by atoms with van der Waals surface area (Å²) in [5.74, 6) is -0.500. The van der Waals surface area contributed by atoms with Crippen LogP contribution in [-0.2, 0) is 23.9 Å². The number of thioether (sulfide) groups is 1. The molecule has 0 unspecified atom stereocenters. The summed E-state index contributed by atoms with van der Waals surface area (Å²) in [7, 11) is 0. The van der Waals surface area contributed by atoms with Crippen molar-refractivity contribution in [3.63, 3.8) is 0 Å². The topological polar surface area (TPSA) is 121 Å². The molecule has 0 spiro atoms. The fraction of sp³-hybridized carbons (Fsp3) is 0.130. The number of fused-ring (bicyclic) bond motifs is 1.